The Kier molecular flexibility index (Phi) is 9.37. The molecule has 0 atom stereocenters. The van der Waals surface area contributed by atoms with Gasteiger partial charge in [0.1, 0.15) is 6.61 Å². The van der Waals surface area contributed by atoms with Crippen LogP contribution < -0.4 is 15.5 Å². The number of aliphatic imine (C=N–C) groups is 1. The lowest BCUT2D eigenvalue weighted by molar-refractivity contribution is -0.127. The topological polar surface area (TPSA) is 86.3 Å². The minimum absolute atomic E-state index is 0. The van der Waals surface area contributed by atoms with Gasteiger partial charge in [-0.2, -0.15) is 0 Å². The maximum atomic E-state index is 11.9. The van der Waals surface area contributed by atoms with E-state index in [1.54, 1.807) is 30.3 Å². The van der Waals surface area contributed by atoms with Gasteiger partial charge in [-0.05, 0) is 29.1 Å². The molecule has 1 fully saturated rings. The van der Waals surface area contributed by atoms with Crippen molar-refractivity contribution in [3.63, 3.8) is 0 Å². The van der Waals surface area contributed by atoms with Crippen molar-refractivity contribution in [2.45, 2.75) is 13.1 Å². The Morgan fingerprint density at radius 2 is 2.00 bits per heavy atom. The SMILES string of the molecule is CN(C)C(=O)CNC(=NCc1ccc(N2CCOC2=O)cc1)NCc1cccs1.I. The smallest absolute Gasteiger partial charge is 0.414 e. The fourth-order valence-corrected chi connectivity index (χ4v) is 3.30. The Morgan fingerprint density at radius 3 is 2.60 bits per heavy atom. The van der Waals surface area contributed by atoms with E-state index in [0.717, 1.165) is 11.3 Å². The zero-order valence-corrected chi connectivity index (χ0v) is 20.1. The van der Waals surface area contributed by atoms with Gasteiger partial charge < -0.3 is 20.3 Å². The van der Waals surface area contributed by atoms with Gasteiger partial charge in [0.15, 0.2) is 5.96 Å². The van der Waals surface area contributed by atoms with E-state index in [-0.39, 0.29) is 42.5 Å². The van der Waals surface area contributed by atoms with Crippen LogP contribution in [0.3, 0.4) is 0 Å². The van der Waals surface area contributed by atoms with Crippen molar-refractivity contribution in [1.29, 1.82) is 0 Å². The fraction of sp³-hybridized carbons (Fsp3) is 0.350. The highest BCUT2D eigenvalue weighted by atomic mass is 127. The van der Waals surface area contributed by atoms with E-state index in [1.807, 2.05) is 41.8 Å². The van der Waals surface area contributed by atoms with E-state index in [1.165, 1.54) is 9.78 Å². The maximum Gasteiger partial charge on any atom is 0.414 e. The Balaban J connectivity index is 0.00000320. The normalized spacial score (nSPS) is 13.5. The number of ether oxygens (including phenoxy) is 1. The summed E-state index contributed by atoms with van der Waals surface area (Å²) < 4.78 is 4.97. The van der Waals surface area contributed by atoms with Gasteiger partial charge in [0.05, 0.1) is 26.2 Å². The molecule has 3 rings (SSSR count). The third kappa shape index (κ3) is 6.87. The summed E-state index contributed by atoms with van der Waals surface area (Å²) in [5, 5.41) is 8.36. The maximum absolute atomic E-state index is 11.9. The Morgan fingerprint density at radius 1 is 1.23 bits per heavy atom. The molecule has 2 aromatic rings. The van der Waals surface area contributed by atoms with Gasteiger partial charge in [0, 0.05) is 24.7 Å². The predicted molar refractivity (Wildman–Crippen MR) is 130 cm³/mol. The molecule has 0 spiro atoms. The number of nitrogens with zero attached hydrogens (tertiary/aromatic N) is 3. The van der Waals surface area contributed by atoms with Crippen molar-refractivity contribution >= 4 is 59.0 Å². The van der Waals surface area contributed by atoms with Gasteiger partial charge in [-0.15, -0.1) is 35.3 Å². The highest BCUT2D eigenvalue weighted by molar-refractivity contribution is 14.0. The van der Waals surface area contributed by atoms with Crippen LogP contribution in [-0.4, -0.2) is 56.7 Å². The molecule has 1 aromatic heterocycles. The van der Waals surface area contributed by atoms with E-state index in [0.29, 0.717) is 32.2 Å². The molecule has 2 N–H and O–H groups in total. The van der Waals surface area contributed by atoms with Crippen LogP contribution in [0.25, 0.3) is 0 Å². The van der Waals surface area contributed by atoms with E-state index in [2.05, 4.69) is 15.6 Å². The quantitative estimate of drug-likeness (QED) is 0.319. The van der Waals surface area contributed by atoms with Crippen LogP contribution in [0.4, 0.5) is 10.5 Å². The zero-order chi connectivity index (χ0) is 20.6. The average Bonchev–Trinajstić information content (AvgIpc) is 3.39. The molecular formula is C20H26IN5O3S. The first-order valence-corrected chi connectivity index (χ1v) is 10.2. The van der Waals surface area contributed by atoms with Crippen LogP contribution in [0.15, 0.2) is 46.8 Å². The van der Waals surface area contributed by atoms with Gasteiger partial charge in [0.2, 0.25) is 5.91 Å². The van der Waals surface area contributed by atoms with Crippen LogP contribution in [-0.2, 0) is 22.6 Å². The summed E-state index contributed by atoms with van der Waals surface area (Å²) in [6.07, 6.45) is -0.314. The largest absolute Gasteiger partial charge is 0.447 e. The number of hydrogen-bond donors (Lipinski definition) is 2. The number of guanidine groups is 1. The molecule has 0 aliphatic carbocycles. The first-order chi connectivity index (χ1) is 14.0. The molecule has 162 valence electrons. The monoisotopic (exact) mass is 543 g/mol. The summed E-state index contributed by atoms with van der Waals surface area (Å²) >= 11 is 1.66. The van der Waals surface area contributed by atoms with Gasteiger partial charge >= 0.3 is 6.09 Å². The van der Waals surface area contributed by atoms with Crippen molar-refractivity contribution in [2.24, 2.45) is 4.99 Å². The standard InChI is InChI=1S/C20H25N5O3S.HI/c1-24(2)18(26)14-23-19(22-13-17-4-3-11-29-17)21-12-15-5-7-16(8-6-15)25-9-10-28-20(25)27;/h3-8,11H,9-10,12-14H2,1-2H3,(H2,21,22,23);1H. The van der Waals surface area contributed by atoms with Crippen molar-refractivity contribution in [1.82, 2.24) is 15.5 Å². The molecule has 0 unspecified atom stereocenters. The van der Waals surface area contributed by atoms with Crippen LogP contribution in [0.1, 0.15) is 10.4 Å². The van der Waals surface area contributed by atoms with Crippen LogP contribution in [0.2, 0.25) is 0 Å². The Labute approximate surface area is 197 Å². The Hall–Kier alpha value is -2.34. The second kappa shape index (κ2) is 11.7. The third-order valence-corrected chi connectivity index (χ3v) is 5.22. The number of hydrogen-bond acceptors (Lipinski definition) is 5. The molecular weight excluding hydrogens is 517 g/mol. The lowest BCUT2D eigenvalue weighted by Gasteiger charge is -2.15. The third-order valence-electron chi connectivity index (χ3n) is 4.34. The summed E-state index contributed by atoms with van der Waals surface area (Å²) in [6, 6.07) is 11.7. The molecule has 10 heteroatoms. The van der Waals surface area contributed by atoms with Crippen LogP contribution in [0, 0.1) is 0 Å². The molecule has 0 saturated carbocycles. The van der Waals surface area contributed by atoms with Gasteiger partial charge in [-0.25, -0.2) is 9.79 Å². The van der Waals surface area contributed by atoms with Crippen molar-refractivity contribution in [2.75, 3.05) is 38.7 Å². The number of carbonyl (C=O) groups excluding carboxylic acids is 2. The van der Waals surface area contributed by atoms with Gasteiger partial charge in [0.25, 0.3) is 0 Å². The zero-order valence-electron chi connectivity index (χ0n) is 17.0. The van der Waals surface area contributed by atoms with Crippen LogP contribution >= 0.6 is 35.3 Å². The number of amides is 2. The number of carbonyl (C=O) groups is 2. The number of cyclic esters (lactones) is 1. The highest BCUT2D eigenvalue weighted by Crippen LogP contribution is 2.19. The number of thiophene rings is 1. The lowest BCUT2D eigenvalue weighted by Crippen LogP contribution is -2.42. The van der Waals surface area contributed by atoms with E-state index in [4.69, 9.17) is 4.74 Å². The fourth-order valence-electron chi connectivity index (χ4n) is 2.66. The molecule has 1 saturated heterocycles. The first-order valence-electron chi connectivity index (χ1n) is 9.31. The molecule has 1 aliphatic heterocycles. The molecule has 2 amide bonds. The molecule has 1 aliphatic rings. The first kappa shape index (κ1) is 23.9. The van der Waals surface area contributed by atoms with Crippen LogP contribution in [0.5, 0.6) is 0 Å². The molecule has 0 radical (unpaired) electrons. The summed E-state index contributed by atoms with van der Waals surface area (Å²) in [5.41, 5.74) is 1.81. The summed E-state index contributed by atoms with van der Waals surface area (Å²) in [7, 11) is 3.44. The summed E-state index contributed by atoms with van der Waals surface area (Å²) in [5.74, 6) is 0.540. The molecule has 30 heavy (non-hydrogen) atoms. The number of benzene rings is 1. The van der Waals surface area contributed by atoms with Crippen molar-refractivity contribution in [3.8, 4) is 0 Å². The number of nitrogens with one attached hydrogen (secondary N) is 2. The van der Waals surface area contributed by atoms with E-state index >= 15 is 0 Å². The summed E-state index contributed by atoms with van der Waals surface area (Å²) in [6.45, 7) is 2.23. The second-order valence-electron chi connectivity index (χ2n) is 6.67. The minimum atomic E-state index is -0.314. The van der Waals surface area contributed by atoms with Gasteiger partial charge in [-0.3, -0.25) is 9.69 Å². The van der Waals surface area contributed by atoms with E-state index < -0.39 is 0 Å². The molecule has 1 aromatic carbocycles. The number of rotatable bonds is 7. The molecule has 0 bridgehead atoms. The number of anilines is 1. The number of halogens is 1. The van der Waals surface area contributed by atoms with Crippen molar-refractivity contribution < 1.29 is 14.3 Å². The average molecular weight is 543 g/mol. The number of likely N-dealkylation sites (N-methyl/N-ethyl adjacent to an activating group) is 1. The minimum Gasteiger partial charge on any atom is -0.447 e. The lowest BCUT2D eigenvalue weighted by atomic mass is 10.2. The molecule has 2 heterocycles. The predicted octanol–water partition coefficient (Wildman–Crippen LogP) is 2.65. The van der Waals surface area contributed by atoms with Crippen molar-refractivity contribution in [3.05, 3.63) is 52.2 Å². The van der Waals surface area contributed by atoms with Gasteiger partial charge in [-0.1, -0.05) is 18.2 Å². The van der Waals surface area contributed by atoms with E-state index in [9.17, 15) is 9.59 Å². The Bertz CT molecular complexity index is 856. The summed E-state index contributed by atoms with van der Waals surface area (Å²) in [4.78, 5) is 32.4. The highest BCUT2D eigenvalue weighted by Gasteiger charge is 2.23. The molecule has 8 nitrogen and oxygen atoms in total. The second-order valence-corrected chi connectivity index (χ2v) is 7.70.